The van der Waals surface area contributed by atoms with Gasteiger partial charge in [0, 0.05) is 25.7 Å². The van der Waals surface area contributed by atoms with Crippen LogP contribution in [-0.2, 0) is 16.8 Å². The Balaban J connectivity index is 1.12. The summed E-state index contributed by atoms with van der Waals surface area (Å²) in [5, 5.41) is 3.56. The molecule has 1 aliphatic heterocycles. The van der Waals surface area contributed by atoms with Gasteiger partial charge in [0.2, 0.25) is 5.91 Å². The summed E-state index contributed by atoms with van der Waals surface area (Å²) in [5.74, 6) is 1.85. The van der Waals surface area contributed by atoms with E-state index in [-0.39, 0.29) is 10.8 Å². The van der Waals surface area contributed by atoms with Crippen molar-refractivity contribution in [3.05, 3.63) is 71.8 Å². The third-order valence-electron chi connectivity index (χ3n) is 9.10. The van der Waals surface area contributed by atoms with Gasteiger partial charge in [0.05, 0.1) is 5.41 Å². The number of amides is 1. The normalized spacial score (nSPS) is 34.5. The summed E-state index contributed by atoms with van der Waals surface area (Å²) < 4.78 is 0. The Kier molecular flexibility index (Phi) is 5.13. The number of piperidine rings is 1. The quantitative estimate of drug-likeness (QED) is 0.700. The van der Waals surface area contributed by atoms with Crippen LogP contribution in [0.25, 0.3) is 0 Å². The minimum Gasteiger partial charge on any atom is -0.353 e. The van der Waals surface area contributed by atoms with Crippen LogP contribution in [0.5, 0.6) is 0 Å². The molecule has 5 aliphatic rings. The van der Waals surface area contributed by atoms with E-state index < -0.39 is 0 Å². The second-order valence-electron chi connectivity index (χ2n) is 11.4. The lowest BCUT2D eigenvalue weighted by Gasteiger charge is -2.61. The van der Waals surface area contributed by atoms with E-state index in [1.807, 2.05) is 0 Å². The first-order valence-corrected chi connectivity index (χ1v) is 12.8. The summed E-state index contributed by atoms with van der Waals surface area (Å²) in [5.41, 5.74) is 2.98. The molecule has 32 heavy (non-hydrogen) atoms. The van der Waals surface area contributed by atoms with Crippen molar-refractivity contribution in [3.63, 3.8) is 0 Å². The van der Waals surface area contributed by atoms with Crippen LogP contribution in [-0.4, -0.2) is 29.9 Å². The lowest BCUT2D eigenvalue weighted by Crippen LogP contribution is -2.60. The van der Waals surface area contributed by atoms with Gasteiger partial charge in [-0.25, -0.2) is 0 Å². The molecule has 1 heterocycles. The molecule has 2 aromatic rings. The van der Waals surface area contributed by atoms with Gasteiger partial charge >= 0.3 is 0 Å². The van der Waals surface area contributed by atoms with Gasteiger partial charge in [-0.05, 0) is 79.7 Å². The van der Waals surface area contributed by atoms with Crippen molar-refractivity contribution in [2.45, 2.75) is 69.4 Å². The van der Waals surface area contributed by atoms with Gasteiger partial charge in [-0.15, -0.1) is 0 Å². The molecular weight excluding hydrogens is 392 g/mol. The Morgan fingerprint density at radius 3 is 2.16 bits per heavy atom. The van der Waals surface area contributed by atoms with Crippen molar-refractivity contribution in [1.29, 1.82) is 0 Å². The SMILES string of the molecule is O=C(NC1CCN(Cc2ccccc2)CC1)C12C[C@H]3C[C@@H](C1)CC(c1ccccc1)(C3)C2. The van der Waals surface area contributed by atoms with E-state index in [0.29, 0.717) is 11.9 Å². The molecule has 4 atom stereocenters. The zero-order valence-corrected chi connectivity index (χ0v) is 19.1. The van der Waals surface area contributed by atoms with E-state index in [1.54, 1.807) is 0 Å². The van der Waals surface area contributed by atoms with Crippen LogP contribution >= 0.6 is 0 Å². The molecule has 7 rings (SSSR count). The number of rotatable bonds is 5. The highest BCUT2D eigenvalue weighted by Crippen LogP contribution is 2.65. The van der Waals surface area contributed by atoms with E-state index >= 15 is 0 Å². The number of hydrogen-bond donors (Lipinski definition) is 1. The lowest BCUT2D eigenvalue weighted by molar-refractivity contribution is -0.150. The highest BCUT2D eigenvalue weighted by atomic mass is 16.2. The number of nitrogens with one attached hydrogen (secondary N) is 1. The van der Waals surface area contributed by atoms with Gasteiger partial charge < -0.3 is 5.32 Å². The van der Waals surface area contributed by atoms with Crippen LogP contribution in [0.4, 0.5) is 0 Å². The summed E-state index contributed by atoms with van der Waals surface area (Å²) >= 11 is 0. The smallest absolute Gasteiger partial charge is 0.226 e. The minimum atomic E-state index is -0.124. The predicted molar refractivity (Wildman–Crippen MR) is 128 cm³/mol. The molecule has 1 N–H and O–H groups in total. The molecule has 5 fully saturated rings. The Hall–Kier alpha value is -2.13. The van der Waals surface area contributed by atoms with Gasteiger partial charge in [0.25, 0.3) is 0 Å². The van der Waals surface area contributed by atoms with Gasteiger partial charge in [0.15, 0.2) is 0 Å². The average Bonchev–Trinajstić information content (AvgIpc) is 2.81. The van der Waals surface area contributed by atoms with E-state index in [9.17, 15) is 4.79 Å². The molecule has 1 saturated heterocycles. The molecule has 0 radical (unpaired) electrons. The zero-order chi connectivity index (χ0) is 21.6. The van der Waals surface area contributed by atoms with Crippen LogP contribution in [0.1, 0.15) is 62.5 Å². The number of carbonyl (C=O) groups excluding carboxylic acids is 1. The fraction of sp³-hybridized carbons (Fsp3) is 0.552. The molecule has 1 amide bonds. The van der Waals surface area contributed by atoms with Crippen molar-refractivity contribution in [1.82, 2.24) is 10.2 Å². The molecule has 4 bridgehead atoms. The molecular formula is C29H36N2O. The maximum absolute atomic E-state index is 13.8. The van der Waals surface area contributed by atoms with E-state index in [4.69, 9.17) is 0 Å². The first-order valence-electron chi connectivity index (χ1n) is 12.8. The van der Waals surface area contributed by atoms with E-state index in [0.717, 1.165) is 63.6 Å². The topological polar surface area (TPSA) is 32.3 Å². The van der Waals surface area contributed by atoms with Crippen molar-refractivity contribution < 1.29 is 4.79 Å². The largest absolute Gasteiger partial charge is 0.353 e. The van der Waals surface area contributed by atoms with Crippen molar-refractivity contribution in [2.75, 3.05) is 13.1 Å². The molecule has 3 nitrogen and oxygen atoms in total. The predicted octanol–water partition coefficient (Wildman–Crippen LogP) is 5.31. The van der Waals surface area contributed by atoms with Crippen molar-refractivity contribution in [2.24, 2.45) is 17.3 Å². The number of benzene rings is 2. The Labute approximate surface area is 192 Å². The van der Waals surface area contributed by atoms with Gasteiger partial charge in [0.1, 0.15) is 0 Å². The van der Waals surface area contributed by atoms with Gasteiger partial charge in [-0.2, -0.15) is 0 Å². The van der Waals surface area contributed by atoms with Crippen LogP contribution in [0.2, 0.25) is 0 Å². The highest BCUT2D eigenvalue weighted by molar-refractivity contribution is 5.84. The molecule has 3 heteroatoms. The summed E-state index contributed by atoms with van der Waals surface area (Å²) in [6, 6.07) is 22.2. The van der Waals surface area contributed by atoms with Crippen LogP contribution < -0.4 is 5.32 Å². The molecule has 2 aromatic carbocycles. The Bertz CT molecular complexity index is 934. The summed E-state index contributed by atoms with van der Waals surface area (Å²) in [6.45, 7) is 3.17. The lowest BCUT2D eigenvalue weighted by atomic mass is 9.42. The summed E-state index contributed by atoms with van der Waals surface area (Å²) in [6.07, 6.45) is 9.39. The summed E-state index contributed by atoms with van der Waals surface area (Å²) in [4.78, 5) is 16.3. The standard InChI is InChI=1S/C29H36N2O/c32-27(30-26-11-13-31(14-12-26)20-22-7-3-1-4-8-22)29-18-23-15-24(19-29)17-28(16-23,21-29)25-9-5-2-6-10-25/h1-10,23-24,26H,11-21H2,(H,30,32)/t23-,24+,28?,29?. The zero-order valence-electron chi connectivity index (χ0n) is 19.1. The molecule has 168 valence electrons. The second-order valence-corrected chi connectivity index (χ2v) is 11.4. The van der Waals surface area contributed by atoms with Crippen molar-refractivity contribution in [3.8, 4) is 0 Å². The van der Waals surface area contributed by atoms with Gasteiger partial charge in [-0.1, -0.05) is 60.7 Å². The summed E-state index contributed by atoms with van der Waals surface area (Å²) in [7, 11) is 0. The first-order chi connectivity index (χ1) is 15.6. The molecule has 0 spiro atoms. The third-order valence-corrected chi connectivity index (χ3v) is 9.10. The molecule has 0 aromatic heterocycles. The number of carbonyl (C=O) groups is 1. The molecule has 4 aliphatic carbocycles. The first kappa shape index (κ1) is 20.5. The molecule has 2 unspecified atom stereocenters. The Morgan fingerprint density at radius 1 is 0.875 bits per heavy atom. The number of likely N-dealkylation sites (tertiary alicyclic amines) is 1. The van der Waals surface area contributed by atoms with E-state index in [1.165, 1.54) is 30.4 Å². The van der Waals surface area contributed by atoms with Gasteiger partial charge in [-0.3, -0.25) is 9.69 Å². The fourth-order valence-electron chi connectivity index (χ4n) is 8.07. The Morgan fingerprint density at radius 2 is 1.50 bits per heavy atom. The van der Waals surface area contributed by atoms with Crippen LogP contribution in [0, 0.1) is 17.3 Å². The monoisotopic (exact) mass is 428 g/mol. The third kappa shape index (κ3) is 3.69. The van der Waals surface area contributed by atoms with Crippen LogP contribution in [0.3, 0.4) is 0 Å². The number of hydrogen-bond acceptors (Lipinski definition) is 2. The second kappa shape index (κ2) is 8.02. The fourth-order valence-corrected chi connectivity index (χ4v) is 8.07. The van der Waals surface area contributed by atoms with Crippen molar-refractivity contribution >= 4 is 5.91 Å². The van der Waals surface area contributed by atoms with Crippen LogP contribution in [0.15, 0.2) is 60.7 Å². The maximum atomic E-state index is 13.8. The minimum absolute atomic E-state index is 0.124. The highest BCUT2D eigenvalue weighted by Gasteiger charge is 2.61. The number of nitrogens with zero attached hydrogens (tertiary/aromatic N) is 1. The molecule has 4 saturated carbocycles. The average molecular weight is 429 g/mol. The maximum Gasteiger partial charge on any atom is 0.226 e. The van der Waals surface area contributed by atoms with E-state index in [2.05, 4.69) is 70.9 Å².